The lowest BCUT2D eigenvalue weighted by molar-refractivity contribution is 0.0660. The molecule has 0 radical (unpaired) electrons. The lowest BCUT2D eigenvalue weighted by Crippen LogP contribution is -2.28. The van der Waals surface area contributed by atoms with E-state index in [4.69, 9.17) is 0 Å². The molecule has 0 unspecified atom stereocenters. The minimum absolute atomic E-state index is 0.0237. The van der Waals surface area contributed by atoms with Gasteiger partial charge in [0.1, 0.15) is 17.3 Å². The lowest BCUT2D eigenvalue weighted by Gasteiger charge is -2.08. The Morgan fingerprint density at radius 3 is 2.95 bits per heavy atom. The number of amides is 1. The van der Waals surface area contributed by atoms with E-state index in [2.05, 4.69) is 20.3 Å². The summed E-state index contributed by atoms with van der Waals surface area (Å²) >= 11 is 0. The predicted octanol–water partition coefficient (Wildman–Crippen LogP) is 1.17. The fourth-order valence-electron chi connectivity index (χ4n) is 2.05. The van der Waals surface area contributed by atoms with Gasteiger partial charge in [0, 0.05) is 24.4 Å². The molecule has 22 heavy (non-hydrogen) atoms. The summed E-state index contributed by atoms with van der Waals surface area (Å²) in [7, 11) is 0. The predicted molar refractivity (Wildman–Crippen MR) is 71.5 cm³/mol. The van der Waals surface area contributed by atoms with Gasteiger partial charge in [0.05, 0.1) is 6.54 Å². The van der Waals surface area contributed by atoms with Crippen molar-refractivity contribution in [2.45, 2.75) is 31.9 Å². The maximum absolute atomic E-state index is 12.7. The van der Waals surface area contributed by atoms with Crippen LogP contribution in [-0.4, -0.2) is 25.4 Å². The fourth-order valence-corrected chi connectivity index (χ4v) is 2.05. The maximum atomic E-state index is 12.7. The van der Waals surface area contributed by atoms with Crippen LogP contribution in [0.25, 0.3) is 0 Å². The average Bonchev–Trinajstić information content (AvgIpc) is 3.22. The van der Waals surface area contributed by atoms with Gasteiger partial charge in [-0.1, -0.05) is 0 Å². The Morgan fingerprint density at radius 1 is 1.50 bits per heavy atom. The fraction of sp³-hybridized carbons (Fsp3) is 0.385. The van der Waals surface area contributed by atoms with Gasteiger partial charge in [-0.05, 0) is 12.8 Å². The molecule has 2 aromatic heterocycles. The summed E-state index contributed by atoms with van der Waals surface area (Å²) in [6.07, 6.45) is 4.22. The SMILES string of the molecule is O=C(NCc1nccn1C(F)F)c1cc(=O)[nH]c(C2CC2)n1. The lowest BCUT2D eigenvalue weighted by atomic mass is 10.3. The van der Waals surface area contributed by atoms with E-state index in [1.165, 1.54) is 6.20 Å². The Labute approximate surface area is 123 Å². The minimum Gasteiger partial charge on any atom is -0.343 e. The van der Waals surface area contributed by atoms with Gasteiger partial charge in [-0.2, -0.15) is 8.78 Å². The van der Waals surface area contributed by atoms with E-state index < -0.39 is 18.0 Å². The van der Waals surface area contributed by atoms with Crippen molar-refractivity contribution in [2.75, 3.05) is 0 Å². The van der Waals surface area contributed by atoms with E-state index in [1.54, 1.807) is 0 Å². The zero-order valence-corrected chi connectivity index (χ0v) is 11.4. The summed E-state index contributed by atoms with van der Waals surface area (Å²) < 4.78 is 26.0. The number of aromatic nitrogens is 4. The number of nitrogens with zero attached hydrogens (tertiary/aromatic N) is 3. The largest absolute Gasteiger partial charge is 0.343 e. The maximum Gasteiger partial charge on any atom is 0.319 e. The quantitative estimate of drug-likeness (QED) is 0.867. The molecule has 2 N–H and O–H groups in total. The highest BCUT2D eigenvalue weighted by atomic mass is 19.3. The summed E-state index contributed by atoms with van der Waals surface area (Å²) in [4.78, 5) is 34.0. The Balaban J connectivity index is 1.72. The van der Waals surface area contributed by atoms with Gasteiger partial charge in [0.25, 0.3) is 11.5 Å². The van der Waals surface area contributed by atoms with E-state index in [9.17, 15) is 18.4 Å². The number of rotatable bonds is 5. The van der Waals surface area contributed by atoms with E-state index in [0.717, 1.165) is 25.1 Å². The molecule has 116 valence electrons. The molecule has 2 aromatic rings. The number of imidazole rings is 1. The van der Waals surface area contributed by atoms with Gasteiger partial charge >= 0.3 is 6.55 Å². The normalized spacial score (nSPS) is 14.3. The standard InChI is InChI=1S/C13H13F2N5O2/c14-13(15)20-4-3-16-9(20)6-17-12(22)8-5-10(21)19-11(18-8)7-1-2-7/h3-5,7,13H,1-2,6H2,(H,17,22)(H,18,19,21). The van der Waals surface area contributed by atoms with Gasteiger partial charge in [-0.25, -0.2) is 9.97 Å². The summed E-state index contributed by atoms with van der Waals surface area (Å²) in [5.41, 5.74) is -0.433. The van der Waals surface area contributed by atoms with Crippen LogP contribution in [-0.2, 0) is 6.54 Å². The number of carbonyl (C=O) groups is 1. The van der Waals surface area contributed by atoms with Gasteiger partial charge in [0.15, 0.2) is 0 Å². The zero-order chi connectivity index (χ0) is 15.7. The third-order valence-electron chi connectivity index (χ3n) is 3.32. The van der Waals surface area contributed by atoms with Gasteiger partial charge in [-0.15, -0.1) is 0 Å². The molecule has 7 nitrogen and oxygen atoms in total. The van der Waals surface area contributed by atoms with Crippen LogP contribution in [0.1, 0.15) is 47.4 Å². The topological polar surface area (TPSA) is 92.7 Å². The molecule has 1 aliphatic carbocycles. The summed E-state index contributed by atoms with van der Waals surface area (Å²) in [5.74, 6) is 0.109. The molecule has 3 rings (SSSR count). The van der Waals surface area contributed by atoms with E-state index >= 15 is 0 Å². The Hall–Kier alpha value is -2.58. The van der Waals surface area contributed by atoms with Crippen LogP contribution in [0.4, 0.5) is 8.78 Å². The molecule has 1 aliphatic rings. The third-order valence-corrected chi connectivity index (χ3v) is 3.32. The van der Waals surface area contributed by atoms with Gasteiger partial charge < -0.3 is 10.3 Å². The Morgan fingerprint density at radius 2 is 2.27 bits per heavy atom. The molecule has 9 heteroatoms. The van der Waals surface area contributed by atoms with Crippen LogP contribution in [0.2, 0.25) is 0 Å². The molecule has 0 atom stereocenters. The van der Waals surface area contributed by atoms with Crippen LogP contribution < -0.4 is 10.9 Å². The summed E-state index contributed by atoms with van der Waals surface area (Å²) in [6.45, 7) is -2.91. The molecule has 2 heterocycles. The first-order valence-electron chi connectivity index (χ1n) is 6.74. The second kappa shape index (κ2) is 5.66. The van der Waals surface area contributed by atoms with Crippen LogP contribution in [0.5, 0.6) is 0 Å². The molecular formula is C13H13F2N5O2. The number of hydrogen-bond acceptors (Lipinski definition) is 4. The monoisotopic (exact) mass is 309 g/mol. The van der Waals surface area contributed by atoms with E-state index in [0.29, 0.717) is 10.4 Å². The molecule has 0 bridgehead atoms. The molecule has 1 saturated carbocycles. The number of alkyl halides is 2. The first-order chi connectivity index (χ1) is 10.5. The van der Waals surface area contributed by atoms with Crippen LogP contribution in [0.15, 0.2) is 23.3 Å². The minimum atomic E-state index is -2.73. The van der Waals surface area contributed by atoms with Gasteiger partial charge in [0.2, 0.25) is 0 Å². The molecular weight excluding hydrogens is 296 g/mol. The number of hydrogen-bond donors (Lipinski definition) is 2. The summed E-state index contributed by atoms with van der Waals surface area (Å²) in [6, 6.07) is 1.08. The average molecular weight is 309 g/mol. The van der Waals surface area contributed by atoms with Crippen molar-refractivity contribution in [2.24, 2.45) is 0 Å². The van der Waals surface area contributed by atoms with Crippen molar-refractivity contribution in [1.82, 2.24) is 24.8 Å². The smallest absolute Gasteiger partial charge is 0.319 e. The van der Waals surface area contributed by atoms with E-state index in [-0.39, 0.29) is 24.0 Å². The number of nitrogens with one attached hydrogen (secondary N) is 2. The van der Waals surface area contributed by atoms with Crippen LogP contribution >= 0.6 is 0 Å². The van der Waals surface area contributed by atoms with Crippen molar-refractivity contribution in [1.29, 1.82) is 0 Å². The zero-order valence-electron chi connectivity index (χ0n) is 11.4. The Kier molecular flexibility index (Phi) is 3.70. The number of aromatic amines is 1. The first kappa shape index (κ1) is 14.4. The highest BCUT2D eigenvalue weighted by Gasteiger charge is 2.27. The molecule has 0 aliphatic heterocycles. The van der Waals surface area contributed by atoms with Crippen molar-refractivity contribution in [3.8, 4) is 0 Å². The second-order valence-electron chi connectivity index (χ2n) is 5.00. The molecule has 1 amide bonds. The second-order valence-corrected chi connectivity index (χ2v) is 5.00. The number of carbonyl (C=O) groups excluding carboxylic acids is 1. The third kappa shape index (κ3) is 3.02. The number of H-pyrrole nitrogens is 1. The van der Waals surface area contributed by atoms with E-state index in [1.807, 2.05) is 0 Å². The van der Waals surface area contributed by atoms with Crippen molar-refractivity contribution >= 4 is 5.91 Å². The molecule has 0 aromatic carbocycles. The summed E-state index contributed by atoms with van der Waals surface area (Å²) in [5, 5.41) is 2.44. The molecule has 0 saturated heterocycles. The van der Waals surface area contributed by atoms with Crippen LogP contribution in [0.3, 0.4) is 0 Å². The Bertz CT molecular complexity index is 751. The number of halogens is 2. The van der Waals surface area contributed by atoms with Crippen molar-refractivity contribution < 1.29 is 13.6 Å². The highest BCUT2D eigenvalue weighted by Crippen LogP contribution is 2.37. The molecule has 1 fully saturated rings. The van der Waals surface area contributed by atoms with Crippen molar-refractivity contribution in [3.63, 3.8) is 0 Å². The van der Waals surface area contributed by atoms with Crippen molar-refractivity contribution in [3.05, 3.63) is 46.2 Å². The first-order valence-corrected chi connectivity index (χ1v) is 6.74. The van der Waals surface area contributed by atoms with Crippen LogP contribution in [0, 0.1) is 0 Å². The molecule has 0 spiro atoms. The van der Waals surface area contributed by atoms with Gasteiger partial charge in [-0.3, -0.25) is 14.2 Å². The highest BCUT2D eigenvalue weighted by molar-refractivity contribution is 5.92.